The molecule has 0 spiro atoms. The Balaban J connectivity index is 1.93. The van der Waals surface area contributed by atoms with E-state index < -0.39 is 0 Å². The lowest BCUT2D eigenvalue weighted by Gasteiger charge is -2.39. The normalized spacial score (nSPS) is 33.9. The fraction of sp³-hybridized carbons (Fsp3) is 0.824. The number of rotatable bonds is 3. The number of hydrogen-bond acceptors (Lipinski definition) is 3. The van der Waals surface area contributed by atoms with Gasteiger partial charge in [-0.25, -0.2) is 4.68 Å². The van der Waals surface area contributed by atoms with Gasteiger partial charge in [0.25, 0.3) is 0 Å². The van der Waals surface area contributed by atoms with Crippen molar-refractivity contribution in [1.82, 2.24) is 9.78 Å². The van der Waals surface area contributed by atoms with E-state index in [1.165, 1.54) is 12.8 Å². The van der Waals surface area contributed by atoms with Gasteiger partial charge in [-0.15, -0.1) is 0 Å². The van der Waals surface area contributed by atoms with Crippen molar-refractivity contribution >= 4 is 5.69 Å². The van der Waals surface area contributed by atoms with Crippen molar-refractivity contribution in [3.05, 3.63) is 5.69 Å². The Morgan fingerprint density at radius 2 is 2.00 bits per heavy atom. The Morgan fingerprint density at radius 1 is 1.33 bits per heavy atom. The van der Waals surface area contributed by atoms with E-state index in [-0.39, 0.29) is 17.6 Å². The standard InChI is InChI=1S/C17H29N3O/c1-10(2)20-15(14(18)11(3)19-20)21-13-9-12-7-8-17(13,6)16(12,4)5/h10,12-13H,7-9,18H2,1-6H3. The van der Waals surface area contributed by atoms with Crippen LogP contribution in [0.4, 0.5) is 5.69 Å². The van der Waals surface area contributed by atoms with Crippen molar-refractivity contribution < 1.29 is 4.74 Å². The van der Waals surface area contributed by atoms with E-state index in [1.54, 1.807) is 0 Å². The summed E-state index contributed by atoms with van der Waals surface area (Å²) in [7, 11) is 0. The van der Waals surface area contributed by atoms with E-state index in [4.69, 9.17) is 10.5 Å². The van der Waals surface area contributed by atoms with Crippen LogP contribution in [0, 0.1) is 23.7 Å². The number of nitrogens with two attached hydrogens (primary N) is 1. The van der Waals surface area contributed by atoms with Crippen LogP contribution in [0.15, 0.2) is 0 Å². The summed E-state index contributed by atoms with van der Waals surface area (Å²) < 4.78 is 8.40. The largest absolute Gasteiger partial charge is 0.472 e. The summed E-state index contributed by atoms with van der Waals surface area (Å²) in [5.74, 6) is 1.54. The lowest BCUT2D eigenvalue weighted by molar-refractivity contribution is 0.0239. The lowest BCUT2D eigenvalue weighted by atomic mass is 9.70. The molecule has 0 aliphatic heterocycles. The first-order valence-corrected chi connectivity index (χ1v) is 8.19. The molecule has 4 nitrogen and oxygen atoms in total. The van der Waals surface area contributed by atoms with E-state index in [0.29, 0.717) is 11.1 Å². The molecule has 2 bridgehead atoms. The van der Waals surface area contributed by atoms with Crippen molar-refractivity contribution in [1.29, 1.82) is 0 Å². The molecule has 1 aromatic heterocycles. The zero-order valence-corrected chi connectivity index (χ0v) is 14.2. The van der Waals surface area contributed by atoms with Gasteiger partial charge in [0.1, 0.15) is 11.8 Å². The monoisotopic (exact) mass is 291 g/mol. The number of hydrogen-bond donors (Lipinski definition) is 1. The number of anilines is 1. The maximum absolute atomic E-state index is 6.47. The van der Waals surface area contributed by atoms with Crippen LogP contribution < -0.4 is 10.5 Å². The van der Waals surface area contributed by atoms with Crippen LogP contribution in [0.25, 0.3) is 0 Å². The first-order valence-electron chi connectivity index (χ1n) is 8.19. The van der Waals surface area contributed by atoms with Gasteiger partial charge in [-0.05, 0) is 51.4 Å². The molecule has 4 heteroatoms. The third kappa shape index (κ3) is 1.84. The molecule has 0 aromatic carbocycles. The van der Waals surface area contributed by atoms with Gasteiger partial charge < -0.3 is 10.5 Å². The second-order valence-corrected chi connectivity index (χ2v) is 8.06. The van der Waals surface area contributed by atoms with Crippen LogP contribution in [0.2, 0.25) is 0 Å². The highest BCUT2D eigenvalue weighted by Crippen LogP contribution is 2.66. The molecule has 21 heavy (non-hydrogen) atoms. The summed E-state index contributed by atoms with van der Waals surface area (Å²) in [5, 5.41) is 4.54. The third-order valence-electron chi connectivity index (χ3n) is 6.54. The van der Waals surface area contributed by atoms with E-state index >= 15 is 0 Å². The number of aryl methyl sites for hydroxylation is 1. The van der Waals surface area contributed by atoms with Gasteiger partial charge in [0, 0.05) is 5.41 Å². The van der Waals surface area contributed by atoms with Crippen LogP contribution in [0.5, 0.6) is 5.88 Å². The zero-order chi connectivity index (χ0) is 15.6. The summed E-state index contributed by atoms with van der Waals surface area (Å²) in [5.41, 5.74) is 8.38. The van der Waals surface area contributed by atoms with Gasteiger partial charge in [0.05, 0.1) is 11.7 Å². The number of nitrogens with zero attached hydrogens (tertiary/aromatic N) is 2. The second-order valence-electron chi connectivity index (χ2n) is 8.06. The number of nitrogen functional groups attached to an aromatic ring is 1. The average molecular weight is 291 g/mol. The first-order chi connectivity index (χ1) is 9.68. The van der Waals surface area contributed by atoms with E-state index in [1.807, 2.05) is 11.6 Å². The Morgan fingerprint density at radius 3 is 2.48 bits per heavy atom. The van der Waals surface area contributed by atoms with Crippen molar-refractivity contribution in [2.75, 3.05) is 5.73 Å². The van der Waals surface area contributed by atoms with Gasteiger partial charge in [-0.1, -0.05) is 20.8 Å². The summed E-state index contributed by atoms with van der Waals surface area (Å²) in [6.45, 7) is 13.4. The van der Waals surface area contributed by atoms with E-state index in [2.05, 4.69) is 39.7 Å². The highest BCUT2D eigenvalue weighted by Gasteiger charge is 2.62. The lowest BCUT2D eigenvalue weighted by Crippen LogP contribution is -2.39. The van der Waals surface area contributed by atoms with Gasteiger partial charge in [0.2, 0.25) is 5.88 Å². The Hall–Kier alpha value is -1.19. The minimum atomic E-state index is 0.240. The molecule has 118 valence electrons. The third-order valence-corrected chi connectivity index (χ3v) is 6.54. The quantitative estimate of drug-likeness (QED) is 0.917. The topological polar surface area (TPSA) is 53.1 Å². The highest BCUT2D eigenvalue weighted by atomic mass is 16.5. The molecule has 2 N–H and O–H groups in total. The van der Waals surface area contributed by atoms with Crippen molar-refractivity contribution in [3.8, 4) is 5.88 Å². The molecular formula is C17H29N3O. The first kappa shape index (κ1) is 14.7. The molecule has 3 unspecified atom stereocenters. The van der Waals surface area contributed by atoms with Gasteiger partial charge in [0.15, 0.2) is 0 Å². The van der Waals surface area contributed by atoms with Gasteiger partial charge in [-0.3, -0.25) is 0 Å². The van der Waals surface area contributed by atoms with Crippen LogP contribution in [0.1, 0.15) is 65.6 Å². The maximum Gasteiger partial charge on any atom is 0.236 e. The highest BCUT2D eigenvalue weighted by molar-refractivity contribution is 5.53. The van der Waals surface area contributed by atoms with Crippen molar-refractivity contribution in [3.63, 3.8) is 0 Å². The van der Waals surface area contributed by atoms with Crippen molar-refractivity contribution in [2.45, 2.75) is 73.0 Å². The average Bonchev–Trinajstić information content (AvgIpc) is 2.87. The van der Waals surface area contributed by atoms with E-state index in [0.717, 1.165) is 23.9 Å². The number of ether oxygens (including phenoxy) is 1. The van der Waals surface area contributed by atoms with Gasteiger partial charge >= 0.3 is 0 Å². The minimum Gasteiger partial charge on any atom is -0.472 e. The molecule has 2 saturated carbocycles. The molecule has 0 saturated heterocycles. The summed E-state index contributed by atoms with van der Waals surface area (Å²) in [6.07, 6.45) is 3.98. The Labute approximate surface area is 128 Å². The van der Waals surface area contributed by atoms with Crippen LogP contribution in [-0.4, -0.2) is 15.9 Å². The summed E-state index contributed by atoms with van der Waals surface area (Å²) >= 11 is 0. The van der Waals surface area contributed by atoms with Crippen LogP contribution in [-0.2, 0) is 0 Å². The smallest absolute Gasteiger partial charge is 0.236 e. The van der Waals surface area contributed by atoms with E-state index in [9.17, 15) is 0 Å². The summed E-state index contributed by atoms with van der Waals surface area (Å²) in [6, 6.07) is 0.260. The molecule has 2 aliphatic carbocycles. The molecule has 3 rings (SSSR count). The fourth-order valence-corrected chi connectivity index (χ4v) is 4.45. The molecule has 1 aromatic rings. The molecule has 3 atom stereocenters. The second kappa shape index (κ2) is 4.40. The predicted octanol–water partition coefficient (Wildman–Crippen LogP) is 3.95. The molecule has 0 amide bonds. The van der Waals surface area contributed by atoms with Gasteiger partial charge in [-0.2, -0.15) is 5.10 Å². The van der Waals surface area contributed by atoms with Crippen LogP contribution >= 0.6 is 0 Å². The zero-order valence-electron chi connectivity index (χ0n) is 14.2. The molecule has 0 radical (unpaired) electrons. The molecular weight excluding hydrogens is 262 g/mol. The Bertz CT molecular complexity index is 561. The predicted molar refractivity (Wildman–Crippen MR) is 85.4 cm³/mol. The maximum atomic E-state index is 6.47. The molecule has 2 aliphatic rings. The summed E-state index contributed by atoms with van der Waals surface area (Å²) in [4.78, 5) is 0. The Kier molecular flexibility index (Phi) is 3.09. The SMILES string of the molecule is Cc1nn(C(C)C)c(OC2CC3CCC2(C)C3(C)C)c1N. The number of fused-ring (bicyclic) bond motifs is 2. The number of aromatic nitrogens is 2. The van der Waals surface area contributed by atoms with Crippen molar-refractivity contribution in [2.24, 2.45) is 16.7 Å². The molecule has 1 heterocycles. The molecule has 2 fully saturated rings. The fourth-order valence-electron chi connectivity index (χ4n) is 4.45. The minimum absolute atomic E-state index is 0.240. The van der Waals surface area contributed by atoms with Crippen LogP contribution in [0.3, 0.4) is 0 Å².